The number of carbonyl (C=O) groups is 1. The first kappa shape index (κ1) is 19.8. The normalized spacial score (nSPS) is 15.1. The van der Waals surface area contributed by atoms with Crippen LogP contribution in [-0.4, -0.2) is 32.5 Å². The molecular formula is C25H20Cl2N4O. The van der Waals surface area contributed by atoms with Gasteiger partial charge in [-0.3, -0.25) is 14.9 Å². The number of benzene rings is 2. The Morgan fingerprint density at radius 3 is 2.75 bits per heavy atom. The predicted octanol–water partition coefficient (Wildman–Crippen LogP) is 5.62. The van der Waals surface area contributed by atoms with Crippen molar-refractivity contribution in [3.63, 3.8) is 0 Å². The largest absolute Gasteiger partial charge is 0.334 e. The van der Waals surface area contributed by atoms with E-state index in [4.69, 9.17) is 28.2 Å². The number of pyridine rings is 1. The van der Waals surface area contributed by atoms with Crippen LogP contribution in [0.2, 0.25) is 10.0 Å². The SMILES string of the molecule is O=C(c1c2c(nc3ccc(Cl)cc13)CCC2)N1CCc2[nH]nc(-c3cccc(Cl)c3)c2C1. The van der Waals surface area contributed by atoms with Crippen molar-refractivity contribution in [3.8, 4) is 11.3 Å². The Kier molecular flexibility index (Phi) is 4.70. The summed E-state index contributed by atoms with van der Waals surface area (Å²) in [5.74, 6) is 0.0433. The molecule has 0 saturated heterocycles. The van der Waals surface area contributed by atoms with Crippen molar-refractivity contribution >= 4 is 40.0 Å². The third-order valence-electron chi connectivity index (χ3n) is 6.51. The Bertz CT molecular complexity index is 1390. The Labute approximate surface area is 195 Å². The first-order chi connectivity index (χ1) is 15.6. The summed E-state index contributed by atoms with van der Waals surface area (Å²) in [4.78, 5) is 20.7. The van der Waals surface area contributed by atoms with Crippen LogP contribution in [0.1, 0.15) is 39.3 Å². The monoisotopic (exact) mass is 462 g/mol. The second-order valence-electron chi connectivity index (χ2n) is 8.44. The van der Waals surface area contributed by atoms with E-state index in [0.29, 0.717) is 23.1 Å². The van der Waals surface area contributed by atoms with Crippen LogP contribution >= 0.6 is 23.2 Å². The fourth-order valence-electron chi connectivity index (χ4n) is 4.98. The molecule has 0 atom stereocenters. The summed E-state index contributed by atoms with van der Waals surface area (Å²) >= 11 is 12.5. The van der Waals surface area contributed by atoms with Crippen LogP contribution in [0.3, 0.4) is 0 Å². The summed E-state index contributed by atoms with van der Waals surface area (Å²) in [6.07, 6.45) is 3.56. The highest BCUT2D eigenvalue weighted by Crippen LogP contribution is 2.35. The van der Waals surface area contributed by atoms with Crippen LogP contribution in [-0.2, 0) is 25.8 Å². The maximum absolute atomic E-state index is 13.9. The Morgan fingerprint density at radius 1 is 1.00 bits per heavy atom. The first-order valence-electron chi connectivity index (χ1n) is 10.8. The number of hydrogen-bond donors (Lipinski definition) is 1. The fraction of sp³-hybridized carbons (Fsp3) is 0.240. The number of rotatable bonds is 2. The van der Waals surface area contributed by atoms with Crippen molar-refractivity contribution in [2.24, 2.45) is 0 Å². The van der Waals surface area contributed by atoms with Crippen molar-refractivity contribution in [1.82, 2.24) is 20.1 Å². The highest BCUT2D eigenvalue weighted by atomic mass is 35.5. The highest BCUT2D eigenvalue weighted by molar-refractivity contribution is 6.31. The van der Waals surface area contributed by atoms with E-state index in [1.165, 1.54) is 0 Å². The van der Waals surface area contributed by atoms with Gasteiger partial charge < -0.3 is 4.90 Å². The summed E-state index contributed by atoms with van der Waals surface area (Å²) in [6.45, 7) is 1.15. The zero-order valence-corrected chi connectivity index (χ0v) is 18.8. The van der Waals surface area contributed by atoms with Crippen LogP contribution in [0.4, 0.5) is 0 Å². The maximum atomic E-state index is 13.9. The molecule has 1 aliphatic heterocycles. The number of H-pyrrole nitrogens is 1. The zero-order chi connectivity index (χ0) is 21.8. The number of nitrogens with zero attached hydrogens (tertiary/aromatic N) is 3. The van der Waals surface area contributed by atoms with Gasteiger partial charge in [0.2, 0.25) is 0 Å². The standard InChI is InChI=1S/C25H20Cl2N4O/c26-15-4-1-3-14(11-15)24-19-13-31(10-9-22(19)29-30-24)25(32)23-17-5-2-6-20(17)28-21-8-7-16(27)12-18(21)23/h1,3-4,7-8,11-12H,2,5-6,9-10,13H2,(H,29,30). The second-order valence-corrected chi connectivity index (χ2v) is 9.32. The molecule has 0 saturated carbocycles. The van der Waals surface area contributed by atoms with Gasteiger partial charge in [0.25, 0.3) is 5.91 Å². The van der Waals surface area contributed by atoms with Gasteiger partial charge in [-0.25, -0.2) is 0 Å². The van der Waals surface area contributed by atoms with Crippen LogP contribution in [0.15, 0.2) is 42.5 Å². The van der Waals surface area contributed by atoms with Crippen LogP contribution in [0.5, 0.6) is 0 Å². The number of fused-ring (bicyclic) bond motifs is 3. The molecule has 1 N–H and O–H groups in total. The van der Waals surface area contributed by atoms with E-state index in [9.17, 15) is 4.79 Å². The lowest BCUT2D eigenvalue weighted by Crippen LogP contribution is -2.36. The fourth-order valence-corrected chi connectivity index (χ4v) is 5.34. The second kappa shape index (κ2) is 7.61. The highest BCUT2D eigenvalue weighted by Gasteiger charge is 2.31. The van der Waals surface area contributed by atoms with E-state index < -0.39 is 0 Å². The van der Waals surface area contributed by atoms with Crippen molar-refractivity contribution in [2.75, 3.05) is 6.54 Å². The zero-order valence-electron chi connectivity index (χ0n) is 17.3. The number of carbonyl (C=O) groups excluding carboxylic acids is 1. The molecule has 1 amide bonds. The Morgan fingerprint density at radius 2 is 1.88 bits per heavy atom. The molecule has 2 aliphatic rings. The van der Waals surface area contributed by atoms with E-state index in [0.717, 1.165) is 75.9 Å². The van der Waals surface area contributed by atoms with Gasteiger partial charge in [0.15, 0.2) is 0 Å². The van der Waals surface area contributed by atoms with Crippen LogP contribution < -0.4 is 0 Å². The minimum Gasteiger partial charge on any atom is -0.334 e. The quantitative estimate of drug-likeness (QED) is 0.420. The summed E-state index contributed by atoms with van der Waals surface area (Å²) in [5, 5.41) is 9.83. The maximum Gasteiger partial charge on any atom is 0.255 e. The number of nitrogens with one attached hydrogen (secondary N) is 1. The van der Waals surface area contributed by atoms with E-state index in [2.05, 4.69) is 10.2 Å². The van der Waals surface area contributed by atoms with Gasteiger partial charge in [-0.15, -0.1) is 0 Å². The van der Waals surface area contributed by atoms with Gasteiger partial charge in [-0.2, -0.15) is 5.10 Å². The number of hydrogen-bond acceptors (Lipinski definition) is 3. The van der Waals surface area contributed by atoms with Gasteiger partial charge in [-0.05, 0) is 55.2 Å². The number of halogens is 2. The van der Waals surface area contributed by atoms with E-state index in [1.54, 1.807) is 0 Å². The molecule has 7 heteroatoms. The molecule has 6 rings (SSSR count). The third kappa shape index (κ3) is 3.19. The lowest BCUT2D eigenvalue weighted by Gasteiger charge is -2.28. The van der Waals surface area contributed by atoms with Gasteiger partial charge in [0, 0.05) is 57.5 Å². The molecular weight excluding hydrogens is 443 g/mol. The molecule has 3 heterocycles. The molecule has 2 aromatic carbocycles. The molecule has 0 radical (unpaired) electrons. The molecule has 160 valence electrons. The number of aromatic amines is 1. The number of aromatic nitrogens is 3. The van der Waals surface area contributed by atoms with Gasteiger partial charge in [0.1, 0.15) is 0 Å². The molecule has 1 aliphatic carbocycles. The summed E-state index contributed by atoms with van der Waals surface area (Å²) < 4.78 is 0. The van der Waals surface area contributed by atoms with Gasteiger partial charge in [0.05, 0.1) is 16.8 Å². The van der Waals surface area contributed by atoms with Crippen molar-refractivity contribution < 1.29 is 4.79 Å². The van der Waals surface area contributed by atoms with Crippen molar-refractivity contribution in [1.29, 1.82) is 0 Å². The van der Waals surface area contributed by atoms with Gasteiger partial charge >= 0.3 is 0 Å². The van der Waals surface area contributed by atoms with E-state index in [-0.39, 0.29) is 5.91 Å². The van der Waals surface area contributed by atoms with E-state index >= 15 is 0 Å². The third-order valence-corrected chi connectivity index (χ3v) is 6.98. The minimum atomic E-state index is 0.0433. The van der Waals surface area contributed by atoms with Crippen LogP contribution in [0, 0.1) is 0 Å². The van der Waals surface area contributed by atoms with Crippen molar-refractivity contribution in [3.05, 3.63) is 80.6 Å². The molecule has 5 nitrogen and oxygen atoms in total. The van der Waals surface area contributed by atoms with Gasteiger partial charge in [-0.1, -0.05) is 35.3 Å². The summed E-state index contributed by atoms with van der Waals surface area (Å²) in [5.41, 5.74) is 7.66. The molecule has 0 spiro atoms. The average molecular weight is 463 g/mol. The van der Waals surface area contributed by atoms with Crippen LogP contribution in [0.25, 0.3) is 22.2 Å². The van der Waals surface area contributed by atoms with Crippen molar-refractivity contribution in [2.45, 2.75) is 32.2 Å². The number of aryl methyl sites for hydroxylation is 1. The minimum absolute atomic E-state index is 0.0433. The lowest BCUT2D eigenvalue weighted by molar-refractivity contribution is 0.0735. The smallest absolute Gasteiger partial charge is 0.255 e. The average Bonchev–Trinajstić information content (AvgIpc) is 3.43. The Hall–Kier alpha value is -2.89. The lowest BCUT2D eigenvalue weighted by atomic mass is 9.97. The molecule has 32 heavy (non-hydrogen) atoms. The molecule has 0 fully saturated rings. The first-order valence-corrected chi connectivity index (χ1v) is 11.6. The Balaban J connectivity index is 1.42. The number of amides is 1. The molecule has 0 bridgehead atoms. The van der Waals surface area contributed by atoms with E-state index in [1.807, 2.05) is 47.4 Å². The molecule has 0 unspecified atom stereocenters. The molecule has 4 aromatic rings. The summed E-state index contributed by atoms with van der Waals surface area (Å²) in [7, 11) is 0. The topological polar surface area (TPSA) is 61.9 Å². The molecule has 2 aromatic heterocycles. The summed E-state index contributed by atoms with van der Waals surface area (Å²) in [6, 6.07) is 13.3. The predicted molar refractivity (Wildman–Crippen MR) is 126 cm³/mol.